The lowest BCUT2D eigenvalue weighted by Gasteiger charge is -2.14. The molecular formula is C20H21FN2O4. The van der Waals surface area contributed by atoms with E-state index in [9.17, 15) is 23.9 Å². The number of carbonyl (C=O) groups excluding carboxylic acids is 2. The maximum Gasteiger partial charge on any atom is 0.326 e. The summed E-state index contributed by atoms with van der Waals surface area (Å²) in [6, 6.07) is 13.2. The number of nitrogens with one attached hydrogen (secondary N) is 2. The van der Waals surface area contributed by atoms with E-state index in [1.807, 2.05) is 6.07 Å². The number of amides is 2. The summed E-state index contributed by atoms with van der Waals surface area (Å²) in [5, 5.41) is 14.4. The summed E-state index contributed by atoms with van der Waals surface area (Å²) in [4.78, 5) is 35.2. The molecular weight excluding hydrogens is 351 g/mol. The van der Waals surface area contributed by atoms with Crippen LogP contribution >= 0.6 is 0 Å². The first-order valence-electron chi connectivity index (χ1n) is 8.55. The fraction of sp³-hybridized carbons (Fsp3) is 0.250. The standard InChI is InChI=1S/C20H21FN2O4/c21-16-10-8-15(9-11-16)19(25)22-12-4-7-18(24)23-17(20(26)27)13-14-5-2-1-3-6-14/h1-3,5-6,8-11,17H,4,7,12-13H2,(H,22,25)(H,23,24)(H,26,27)/t17-/m1/s1. The summed E-state index contributed by atoms with van der Waals surface area (Å²) in [6.07, 6.45) is 0.641. The maximum absolute atomic E-state index is 12.8. The van der Waals surface area contributed by atoms with Gasteiger partial charge in [-0.25, -0.2) is 9.18 Å². The molecule has 2 amide bonds. The van der Waals surface area contributed by atoms with Crippen molar-refractivity contribution >= 4 is 17.8 Å². The van der Waals surface area contributed by atoms with Gasteiger partial charge in [0.15, 0.2) is 0 Å². The van der Waals surface area contributed by atoms with Crippen LogP contribution < -0.4 is 10.6 Å². The van der Waals surface area contributed by atoms with Crippen molar-refractivity contribution in [2.75, 3.05) is 6.54 Å². The quantitative estimate of drug-likeness (QED) is 0.588. The fourth-order valence-corrected chi connectivity index (χ4v) is 2.47. The van der Waals surface area contributed by atoms with Crippen LogP contribution in [0, 0.1) is 5.82 Å². The Morgan fingerprint density at radius 2 is 1.67 bits per heavy atom. The Morgan fingerprint density at radius 1 is 1.00 bits per heavy atom. The van der Waals surface area contributed by atoms with Crippen LogP contribution in [0.25, 0.3) is 0 Å². The first kappa shape index (κ1) is 20.1. The van der Waals surface area contributed by atoms with Gasteiger partial charge in [0.25, 0.3) is 5.91 Å². The Labute approximate surface area is 156 Å². The molecule has 0 unspecified atom stereocenters. The molecule has 7 heteroatoms. The molecule has 0 aliphatic carbocycles. The van der Waals surface area contributed by atoms with Crippen LogP contribution in [-0.2, 0) is 16.0 Å². The number of carboxylic acids is 1. The van der Waals surface area contributed by atoms with Crippen molar-refractivity contribution in [1.29, 1.82) is 0 Å². The third-order valence-electron chi connectivity index (χ3n) is 3.89. The first-order valence-corrected chi connectivity index (χ1v) is 8.55. The molecule has 142 valence electrons. The average molecular weight is 372 g/mol. The van der Waals surface area contributed by atoms with E-state index in [1.54, 1.807) is 24.3 Å². The molecule has 2 rings (SSSR count). The lowest BCUT2D eigenvalue weighted by molar-refractivity contribution is -0.141. The van der Waals surface area contributed by atoms with E-state index in [0.29, 0.717) is 12.0 Å². The third-order valence-corrected chi connectivity index (χ3v) is 3.89. The van der Waals surface area contributed by atoms with Crippen LogP contribution in [-0.4, -0.2) is 35.5 Å². The van der Waals surface area contributed by atoms with Gasteiger partial charge in [0.2, 0.25) is 5.91 Å². The van der Waals surface area contributed by atoms with Crippen molar-refractivity contribution in [3.8, 4) is 0 Å². The van der Waals surface area contributed by atoms with Gasteiger partial charge in [0.05, 0.1) is 0 Å². The van der Waals surface area contributed by atoms with E-state index in [-0.39, 0.29) is 25.3 Å². The number of hydrogen-bond acceptors (Lipinski definition) is 3. The lowest BCUT2D eigenvalue weighted by atomic mass is 10.1. The molecule has 0 aliphatic heterocycles. The van der Waals surface area contributed by atoms with Crippen molar-refractivity contribution < 1.29 is 23.9 Å². The second-order valence-electron chi connectivity index (χ2n) is 6.01. The van der Waals surface area contributed by atoms with Gasteiger partial charge in [-0.15, -0.1) is 0 Å². The SMILES string of the molecule is O=C(CCCNC(=O)c1ccc(F)cc1)N[C@H](Cc1ccccc1)C(=O)O. The van der Waals surface area contributed by atoms with E-state index >= 15 is 0 Å². The molecule has 0 bridgehead atoms. The highest BCUT2D eigenvalue weighted by atomic mass is 19.1. The number of hydrogen-bond donors (Lipinski definition) is 3. The van der Waals surface area contributed by atoms with Gasteiger partial charge in [-0.1, -0.05) is 30.3 Å². The number of rotatable bonds is 9. The highest BCUT2D eigenvalue weighted by Gasteiger charge is 2.20. The summed E-state index contributed by atoms with van der Waals surface area (Å²) < 4.78 is 12.8. The van der Waals surface area contributed by atoms with Gasteiger partial charge in [0, 0.05) is 24.9 Å². The Balaban J connectivity index is 1.73. The monoisotopic (exact) mass is 372 g/mol. The molecule has 0 aliphatic rings. The molecule has 0 saturated carbocycles. The minimum atomic E-state index is -1.10. The van der Waals surface area contributed by atoms with E-state index in [2.05, 4.69) is 10.6 Å². The number of carboxylic acid groups (broad SMARTS) is 1. The van der Waals surface area contributed by atoms with Gasteiger partial charge in [-0.3, -0.25) is 9.59 Å². The first-order chi connectivity index (χ1) is 13.0. The van der Waals surface area contributed by atoms with Crippen LogP contribution in [0.4, 0.5) is 4.39 Å². The molecule has 6 nitrogen and oxygen atoms in total. The third kappa shape index (κ3) is 6.89. The number of benzene rings is 2. The van der Waals surface area contributed by atoms with Gasteiger partial charge in [-0.05, 0) is 36.2 Å². The van der Waals surface area contributed by atoms with Gasteiger partial charge < -0.3 is 15.7 Å². The summed E-state index contributed by atoms with van der Waals surface area (Å²) in [5.41, 5.74) is 1.14. The van der Waals surface area contributed by atoms with Crippen LogP contribution in [0.3, 0.4) is 0 Å². The molecule has 2 aromatic carbocycles. The molecule has 0 spiro atoms. The van der Waals surface area contributed by atoms with E-state index < -0.39 is 23.7 Å². The molecule has 0 radical (unpaired) electrons. The predicted molar refractivity (Wildman–Crippen MR) is 97.7 cm³/mol. The molecule has 0 fully saturated rings. The Bertz CT molecular complexity index is 778. The van der Waals surface area contributed by atoms with Crippen LogP contribution in [0.1, 0.15) is 28.8 Å². The van der Waals surface area contributed by atoms with Crippen molar-refractivity contribution in [1.82, 2.24) is 10.6 Å². The van der Waals surface area contributed by atoms with E-state index in [1.165, 1.54) is 24.3 Å². The van der Waals surface area contributed by atoms with Crippen LogP contribution in [0.15, 0.2) is 54.6 Å². The van der Waals surface area contributed by atoms with Gasteiger partial charge in [-0.2, -0.15) is 0 Å². The zero-order chi connectivity index (χ0) is 19.6. The summed E-state index contributed by atoms with van der Waals surface area (Å²) in [6.45, 7) is 0.250. The zero-order valence-electron chi connectivity index (χ0n) is 14.7. The van der Waals surface area contributed by atoms with E-state index in [4.69, 9.17) is 0 Å². The summed E-state index contributed by atoms with van der Waals surface area (Å²) in [5.74, 6) is -2.28. The second kappa shape index (κ2) is 10.1. The Morgan fingerprint density at radius 3 is 2.30 bits per heavy atom. The highest BCUT2D eigenvalue weighted by molar-refractivity contribution is 5.94. The van der Waals surface area contributed by atoms with Gasteiger partial charge in [0.1, 0.15) is 11.9 Å². The fourth-order valence-electron chi connectivity index (χ4n) is 2.47. The molecule has 3 N–H and O–H groups in total. The Kier molecular flexibility index (Phi) is 7.49. The maximum atomic E-state index is 12.8. The molecule has 27 heavy (non-hydrogen) atoms. The minimum absolute atomic E-state index is 0.0856. The lowest BCUT2D eigenvalue weighted by Crippen LogP contribution is -2.42. The molecule has 0 aromatic heterocycles. The Hall–Kier alpha value is -3.22. The number of carbonyl (C=O) groups is 3. The largest absolute Gasteiger partial charge is 0.480 e. The average Bonchev–Trinajstić information content (AvgIpc) is 2.66. The topological polar surface area (TPSA) is 95.5 Å². The van der Waals surface area contributed by atoms with Crippen LogP contribution in [0.5, 0.6) is 0 Å². The minimum Gasteiger partial charge on any atom is -0.480 e. The molecule has 2 aromatic rings. The van der Waals surface area contributed by atoms with Gasteiger partial charge >= 0.3 is 5.97 Å². The number of halogens is 1. The van der Waals surface area contributed by atoms with Crippen molar-refractivity contribution in [2.24, 2.45) is 0 Å². The van der Waals surface area contributed by atoms with Crippen molar-refractivity contribution in [2.45, 2.75) is 25.3 Å². The van der Waals surface area contributed by atoms with E-state index in [0.717, 1.165) is 5.56 Å². The molecule has 1 atom stereocenters. The zero-order valence-corrected chi connectivity index (χ0v) is 14.7. The number of aliphatic carboxylic acids is 1. The second-order valence-corrected chi connectivity index (χ2v) is 6.01. The van der Waals surface area contributed by atoms with Crippen LogP contribution in [0.2, 0.25) is 0 Å². The predicted octanol–water partition coefficient (Wildman–Crippen LogP) is 2.15. The highest BCUT2D eigenvalue weighted by Crippen LogP contribution is 2.05. The normalized spacial score (nSPS) is 11.4. The summed E-state index contributed by atoms with van der Waals surface area (Å²) >= 11 is 0. The molecule has 0 saturated heterocycles. The molecule has 0 heterocycles. The summed E-state index contributed by atoms with van der Waals surface area (Å²) in [7, 11) is 0. The smallest absolute Gasteiger partial charge is 0.326 e. The van der Waals surface area contributed by atoms with Crippen molar-refractivity contribution in [3.05, 3.63) is 71.5 Å². The van der Waals surface area contributed by atoms with Crippen molar-refractivity contribution in [3.63, 3.8) is 0 Å².